The second-order valence-electron chi connectivity index (χ2n) is 10.9. The minimum absolute atomic E-state index is 0.0981. The van der Waals surface area contributed by atoms with Gasteiger partial charge in [-0.15, -0.1) is 0 Å². The molecule has 2 aromatic rings. The van der Waals surface area contributed by atoms with Gasteiger partial charge in [-0.2, -0.15) is 0 Å². The predicted octanol–water partition coefficient (Wildman–Crippen LogP) is 5.07. The van der Waals surface area contributed by atoms with E-state index in [1.54, 1.807) is 0 Å². The number of amides is 1. The Bertz CT molecular complexity index is 941. The van der Waals surface area contributed by atoms with Crippen molar-refractivity contribution < 1.29 is 4.79 Å². The van der Waals surface area contributed by atoms with Crippen LogP contribution in [0.4, 0.5) is 5.69 Å². The lowest BCUT2D eigenvalue weighted by Gasteiger charge is -2.53. The van der Waals surface area contributed by atoms with Crippen LogP contribution in [0.2, 0.25) is 0 Å². The Hall–Kier alpha value is -2.33. The Morgan fingerprint density at radius 3 is 2.52 bits per heavy atom. The van der Waals surface area contributed by atoms with Crippen LogP contribution in [-0.4, -0.2) is 38.1 Å². The first-order valence-electron chi connectivity index (χ1n) is 12.7. The molecule has 4 nitrogen and oxygen atoms in total. The normalized spacial score (nSPS) is 25.4. The van der Waals surface area contributed by atoms with Gasteiger partial charge in [-0.3, -0.25) is 4.79 Å². The summed E-state index contributed by atoms with van der Waals surface area (Å²) >= 11 is 0. The highest BCUT2D eigenvalue weighted by Gasteiger charge is 2.58. The number of anilines is 1. The number of hydrogen-bond acceptors (Lipinski definition) is 3. The standard InChI is InChI=1S/C29H41N3O/c1-28(2)21-23(20-26-29(28,3)24-15-8-9-16-25(24)32(26)4)31-27(33)17-19-30-18-11-10-14-22-12-6-5-7-13-22/h5-9,12-13,15-16,23,26,30H,10-11,14,17-21H2,1-4H3,(H,31,33)/t23-,26?,29?/m0/s1. The lowest BCUT2D eigenvalue weighted by Crippen LogP contribution is -2.59. The smallest absolute Gasteiger partial charge is 0.221 e. The second kappa shape index (κ2) is 9.89. The van der Waals surface area contributed by atoms with Crippen LogP contribution in [0.3, 0.4) is 0 Å². The zero-order valence-electron chi connectivity index (χ0n) is 20.9. The fourth-order valence-corrected chi connectivity index (χ4v) is 6.31. The zero-order chi connectivity index (χ0) is 23.5. The molecule has 4 rings (SSSR count). The zero-order valence-corrected chi connectivity index (χ0v) is 20.9. The molecule has 1 amide bonds. The molecule has 2 aliphatic rings. The molecule has 1 fully saturated rings. The van der Waals surface area contributed by atoms with Gasteiger partial charge in [-0.1, -0.05) is 69.3 Å². The van der Waals surface area contributed by atoms with Crippen molar-refractivity contribution in [1.29, 1.82) is 0 Å². The Balaban J connectivity index is 1.21. The molecule has 3 atom stereocenters. The van der Waals surface area contributed by atoms with Crippen LogP contribution in [0.15, 0.2) is 54.6 Å². The van der Waals surface area contributed by atoms with Crippen molar-refractivity contribution in [2.45, 2.75) is 76.8 Å². The Morgan fingerprint density at radius 2 is 1.73 bits per heavy atom. The molecule has 178 valence electrons. The first kappa shape index (κ1) is 23.8. The summed E-state index contributed by atoms with van der Waals surface area (Å²) in [5.41, 5.74) is 4.41. The third-order valence-electron chi connectivity index (χ3n) is 8.45. The molecule has 1 heterocycles. The molecular formula is C29H41N3O. The maximum atomic E-state index is 12.7. The summed E-state index contributed by atoms with van der Waals surface area (Å²) in [7, 11) is 2.22. The maximum Gasteiger partial charge on any atom is 0.221 e. The number of carbonyl (C=O) groups excluding carboxylic acids is 1. The Morgan fingerprint density at radius 1 is 1.00 bits per heavy atom. The van der Waals surface area contributed by atoms with Gasteiger partial charge in [0.05, 0.1) is 0 Å². The van der Waals surface area contributed by atoms with Crippen molar-refractivity contribution in [1.82, 2.24) is 10.6 Å². The number of likely N-dealkylation sites (N-methyl/N-ethyl adjacent to an activating group) is 1. The van der Waals surface area contributed by atoms with E-state index >= 15 is 0 Å². The van der Waals surface area contributed by atoms with Gasteiger partial charge in [-0.25, -0.2) is 0 Å². The van der Waals surface area contributed by atoms with E-state index < -0.39 is 0 Å². The highest BCUT2D eigenvalue weighted by Crippen LogP contribution is 2.59. The van der Waals surface area contributed by atoms with Gasteiger partial charge >= 0.3 is 0 Å². The molecular weight excluding hydrogens is 406 g/mol. The summed E-state index contributed by atoms with van der Waals surface area (Å²) in [6.07, 6.45) is 6.01. The van der Waals surface area contributed by atoms with Gasteiger partial charge in [0.25, 0.3) is 0 Å². The van der Waals surface area contributed by atoms with Crippen molar-refractivity contribution >= 4 is 11.6 Å². The van der Waals surface area contributed by atoms with Gasteiger partial charge in [0, 0.05) is 43.2 Å². The van der Waals surface area contributed by atoms with Crippen LogP contribution < -0.4 is 15.5 Å². The van der Waals surface area contributed by atoms with Crippen LogP contribution >= 0.6 is 0 Å². The maximum absolute atomic E-state index is 12.7. The van der Waals surface area contributed by atoms with E-state index in [0.29, 0.717) is 12.5 Å². The van der Waals surface area contributed by atoms with Crippen molar-refractivity contribution in [3.8, 4) is 0 Å². The summed E-state index contributed by atoms with van der Waals surface area (Å²) in [4.78, 5) is 15.2. The predicted molar refractivity (Wildman–Crippen MR) is 138 cm³/mol. The second-order valence-corrected chi connectivity index (χ2v) is 10.9. The van der Waals surface area contributed by atoms with Gasteiger partial charge < -0.3 is 15.5 Å². The molecule has 1 aliphatic carbocycles. The van der Waals surface area contributed by atoms with E-state index in [1.165, 1.54) is 23.2 Å². The van der Waals surface area contributed by atoms with Crippen LogP contribution in [0.5, 0.6) is 0 Å². The number of nitrogens with one attached hydrogen (secondary N) is 2. The number of unbranched alkanes of at least 4 members (excludes halogenated alkanes) is 1. The van der Waals surface area contributed by atoms with E-state index in [-0.39, 0.29) is 22.8 Å². The summed E-state index contributed by atoms with van der Waals surface area (Å²) < 4.78 is 0. The van der Waals surface area contributed by atoms with Crippen molar-refractivity contribution in [2.75, 3.05) is 25.0 Å². The number of para-hydroxylation sites is 1. The topological polar surface area (TPSA) is 44.4 Å². The molecule has 2 N–H and O–H groups in total. The molecule has 1 saturated carbocycles. The van der Waals surface area contributed by atoms with Crippen LogP contribution in [0.25, 0.3) is 0 Å². The molecule has 0 saturated heterocycles. The summed E-state index contributed by atoms with van der Waals surface area (Å²) in [5, 5.41) is 6.82. The van der Waals surface area contributed by atoms with Gasteiger partial charge in [-0.05, 0) is 61.3 Å². The summed E-state index contributed by atoms with van der Waals surface area (Å²) in [5.74, 6) is 0.175. The molecule has 0 bridgehead atoms. The lowest BCUT2D eigenvalue weighted by molar-refractivity contribution is -0.122. The third-order valence-corrected chi connectivity index (χ3v) is 8.45. The molecule has 4 heteroatoms. The fraction of sp³-hybridized carbons (Fsp3) is 0.552. The van der Waals surface area contributed by atoms with E-state index in [1.807, 2.05) is 0 Å². The van der Waals surface area contributed by atoms with Crippen molar-refractivity contribution in [3.63, 3.8) is 0 Å². The van der Waals surface area contributed by atoms with Crippen LogP contribution in [0.1, 0.15) is 64.0 Å². The van der Waals surface area contributed by atoms with E-state index in [4.69, 9.17) is 0 Å². The minimum atomic E-state index is 0.0981. The number of nitrogens with zero attached hydrogens (tertiary/aromatic N) is 1. The summed E-state index contributed by atoms with van der Waals surface area (Å²) in [6, 6.07) is 20.1. The van der Waals surface area contributed by atoms with Crippen LogP contribution in [0, 0.1) is 5.41 Å². The van der Waals surface area contributed by atoms with E-state index in [0.717, 1.165) is 38.8 Å². The van der Waals surface area contributed by atoms with Crippen LogP contribution in [-0.2, 0) is 16.6 Å². The SMILES string of the molecule is CN1c2ccccc2C2(C)C1C[C@H](NC(=O)CCNCCCCc1ccccc1)CC2(C)C. The number of carbonyl (C=O) groups is 1. The fourth-order valence-electron chi connectivity index (χ4n) is 6.31. The lowest BCUT2D eigenvalue weighted by atomic mass is 9.54. The molecule has 0 spiro atoms. The quantitative estimate of drug-likeness (QED) is 0.528. The average molecular weight is 448 g/mol. The largest absolute Gasteiger partial charge is 0.370 e. The first-order valence-corrected chi connectivity index (χ1v) is 12.7. The number of benzene rings is 2. The van der Waals surface area contributed by atoms with Gasteiger partial charge in [0.2, 0.25) is 5.91 Å². The molecule has 2 unspecified atom stereocenters. The number of hydrogen-bond donors (Lipinski definition) is 2. The molecule has 33 heavy (non-hydrogen) atoms. The first-order chi connectivity index (χ1) is 15.8. The van der Waals surface area contributed by atoms with Crippen molar-refractivity contribution in [2.24, 2.45) is 5.41 Å². The number of aryl methyl sites for hydroxylation is 1. The molecule has 0 aromatic heterocycles. The molecule has 1 aliphatic heterocycles. The van der Waals surface area contributed by atoms with Gasteiger partial charge in [0.1, 0.15) is 0 Å². The highest BCUT2D eigenvalue weighted by molar-refractivity contribution is 5.76. The molecule has 0 radical (unpaired) electrons. The highest BCUT2D eigenvalue weighted by atomic mass is 16.1. The third kappa shape index (κ3) is 4.82. The van der Waals surface area contributed by atoms with E-state index in [2.05, 4.69) is 97.9 Å². The number of fused-ring (bicyclic) bond motifs is 3. The van der Waals surface area contributed by atoms with Crippen molar-refractivity contribution in [3.05, 3.63) is 65.7 Å². The van der Waals surface area contributed by atoms with Gasteiger partial charge in [0.15, 0.2) is 0 Å². The molecule has 2 aromatic carbocycles. The number of rotatable bonds is 9. The minimum Gasteiger partial charge on any atom is -0.370 e. The summed E-state index contributed by atoms with van der Waals surface area (Å²) in [6.45, 7) is 8.91. The average Bonchev–Trinajstić information content (AvgIpc) is 3.02. The Kier molecular flexibility index (Phi) is 7.13. The Labute approximate surface area is 200 Å². The van der Waals surface area contributed by atoms with E-state index in [9.17, 15) is 4.79 Å². The monoisotopic (exact) mass is 447 g/mol.